The van der Waals surface area contributed by atoms with Crippen LogP contribution in [0.5, 0.6) is 0 Å². The second kappa shape index (κ2) is 5.54. The molecular formula is C13H17ClN4O2. The molecule has 2 fully saturated rings. The molecule has 2 heterocycles. The van der Waals surface area contributed by atoms with E-state index >= 15 is 0 Å². The minimum Gasteiger partial charge on any atom is -0.378 e. The molecule has 0 spiro atoms. The highest BCUT2D eigenvalue weighted by molar-refractivity contribution is 6.29. The summed E-state index contributed by atoms with van der Waals surface area (Å²) in [4.78, 5) is 11.4. The molecule has 2 aliphatic rings. The minimum absolute atomic E-state index is 0.159. The molecule has 2 unspecified atom stereocenters. The van der Waals surface area contributed by atoms with Gasteiger partial charge < -0.3 is 15.8 Å². The van der Waals surface area contributed by atoms with Gasteiger partial charge in [-0.2, -0.15) is 0 Å². The van der Waals surface area contributed by atoms with Gasteiger partial charge in [0.1, 0.15) is 0 Å². The van der Waals surface area contributed by atoms with Crippen LogP contribution in [0.25, 0.3) is 0 Å². The Kier molecular flexibility index (Phi) is 3.76. The number of nitrogens with two attached hydrogens (primary N) is 1. The molecule has 1 aliphatic carbocycles. The van der Waals surface area contributed by atoms with Gasteiger partial charge in [0, 0.05) is 12.6 Å². The van der Waals surface area contributed by atoms with Crippen molar-refractivity contribution < 1.29 is 9.53 Å². The normalized spacial score (nSPS) is 26.2. The van der Waals surface area contributed by atoms with E-state index in [1.807, 2.05) is 0 Å². The Morgan fingerprint density at radius 2 is 2.20 bits per heavy atom. The van der Waals surface area contributed by atoms with Crippen LogP contribution in [0.15, 0.2) is 6.07 Å². The van der Waals surface area contributed by atoms with Crippen LogP contribution in [-0.2, 0) is 4.74 Å². The van der Waals surface area contributed by atoms with Crippen molar-refractivity contribution in [3.05, 3.63) is 16.8 Å². The maximum atomic E-state index is 11.4. The number of carbonyl (C=O) groups is 1. The van der Waals surface area contributed by atoms with Crippen molar-refractivity contribution in [3.63, 3.8) is 0 Å². The predicted molar refractivity (Wildman–Crippen MR) is 74.7 cm³/mol. The van der Waals surface area contributed by atoms with E-state index in [1.54, 1.807) is 0 Å². The van der Waals surface area contributed by atoms with Crippen LogP contribution in [0.3, 0.4) is 0 Å². The van der Waals surface area contributed by atoms with E-state index in [0.29, 0.717) is 17.8 Å². The average Bonchev–Trinajstić information content (AvgIpc) is 3.25. The maximum Gasteiger partial charge on any atom is 0.252 e. The lowest BCUT2D eigenvalue weighted by Crippen LogP contribution is -2.36. The van der Waals surface area contributed by atoms with Crippen molar-refractivity contribution in [2.24, 2.45) is 11.7 Å². The van der Waals surface area contributed by atoms with Gasteiger partial charge in [-0.1, -0.05) is 11.6 Å². The molecule has 7 heteroatoms. The lowest BCUT2D eigenvalue weighted by molar-refractivity contribution is -0.00224. The standard InChI is InChI=1S/C13H17ClN4O2/c14-11-6-9(12(15)19)13(18-17-11)16-8-3-4-20-10(5-8)7-1-2-7/h6-8,10H,1-5H2,(H2,15,19)(H,16,18). The molecule has 20 heavy (non-hydrogen) atoms. The highest BCUT2D eigenvalue weighted by atomic mass is 35.5. The van der Waals surface area contributed by atoms with Gasteiger partial charge in [-0.15, -0.1) is 10.2 Å². The van der Waals surface area contributed by atoms with Gasteiger partial charge in [0.25, 0.3) is 5.91 Å². The molecule has 3 N–H and O–H groups in total. The van der Waals surface area contributed by atoms with Gasteiger partial charge in [-0.05, 0) is 37.7 Å². The molecule has 1 aromatic heterocycles. The Bertz CT molecular complexity index is 521. The smallest absolute Gasteiger partial charge is 0.252 e. The summed E-state index contributed by atoms with van der Waals surface area (Å²) in [5, 5.41) is 11.1. The number of amides is 1. The summed E-state index contributed by atoms with van der Waals surface area (Å²) in [6.45, 7) is 0.728. The van der Waals surface area contributed by atoms with Gasteiger partial charge in [0.15, 0.2) is 11.0 Å². The summed E-state index contributed by atoms with van der Waals surface area (Å²) in [6, 6.07) is 1.67. The first-order chi connectivity index (χ1) is 9.63. The number of hydrogen-bond donors (Lipinski definition) is 2. The molecule has 0 radical (unpaired) electrons. The molecular weight excluding hydrogens is 280 g/mol. The lowest BCUT2D eigenvalue weighted by atomic mass is 10.00. The maximum absolute atomic E-state index is 11.4. The minimum atomic E-state index is -0.560. The zero-order valence-corrected chi connectivity index (χ0v) is 11.8. The Morgan fingerprint density at radius 1 is 1.40 bits per heavy atom. The van der Waals surface area contributed by atoms with Crippen molar-refractivity contribution in [2.45, 2.75) is 37.8 Å². The van der Waals surface area contributed by atoms with Crippen molar-refractivity contribution >= 4 is 23.3 Å². The van der Waals surface area contributed by atoms with Crippen LogP contribution in [-0.4, -0.2) is 34.9 Å². The summed E-state index contributed by atoms with van der Waals surface area (Å²) in [5.41, 5.74) is 5.62. The summed E-state index contributed by atoms with van der Waals surface area (Å²) in [6.07, 6.45) is 4.63. The number of carbonyl (C=O) groups excluding carboxylic acids is 1. The van der Waals surface area contributed by atoms with Gasteiger partial charge in [0.2, 0.25) is 0 Å². The quantitative estimate of drug-likeness (QED) is 0.881. The number of rotatable bonds is 4. The molecule has 6 nitrogen and oxygen atoms in total. The second-order valence-electron chi connectivity index (χ2n) is 5.41. The molecule has 108 valence electrons. The van der Waals surface area contributed by atoms with Crippen LogP contribution in [0, 0.1) is 5.92 Å². The van der Waals surface area contributed by atoms with Crippen molar-refractivity contribution in [2.75, 3.05) is 11.9 Å². The number of nitrogens with zero attached hydrogens (tertiary/aromatic N) is 2. The van der Waals surface area contributed by atoms with Crippen LogP contribution in [0.4, 0.5) is 5.82 Å². The van der Waals surface area contributed by atoms with Crippen molar-refractivity contribution in [1.29, 1.82) is 0 Å². The van der Waals surface area contributed by atoms with Gasteiger partial charge in [-0.3, -0.25) is 4.79 Å². The second-order valence-corrected chi connectivity index (χ2v) is 5.79. The average molecular weight is 297 g/mol. The Hall–Kier alpha value is -1.40. The Morgan fingerprint density at radius 3 is 2.90 bits per heavy atom. The number of anilines is 1. The third kappa shape index (κ3) is 3.02. The molecule has 1 saturated carbocycles. The highest BCUT2D eigenvalue weighted by Crippen LogP contribution is 2.38. The van der Waals surface area contributed by atoms with Gasteiger partial charge in [0.05, 0.1) is 11.7 Å². The van der Waals surface area contributed by atoms with E-state index in [1.165, 1.54) is 18.9 Å². The molecule has 1 aromatic rings. The monoisotopic (exact) mass is 296 g/mol. The molecule has 0 aromatic carbocycles. The molecule has 1 aliphatic heterocycles. The fourth-order valence-corrected chi connectivity index (χ4v) is 2.76. The predicted octanol–water partition coefficient (Wildman–Crippen LogP) is 1.60. The zero-order valence-electron chi connectivity index (χ0n) is 11.0. The first-order valence-electron chi connectivity index (χ1n) is 6.84. The first kappa shape index (κ1) is 13.6. The number of ether oxygens (including phenoxy) is 1. The van der Waals surface area contributed by atoms with E-state index in [2.05, 4.69) is 15.5 Å². The van der Waals surface area contributed by atoms with Crippen molar-refractivity contribution in [1.82, 2.24) is 10.2 Å². The first-order valence-corrected chi connectivity index (χ1v) is 7.22. The molecule has 1 amide bonds. The fraction of sp³-hybridized carbons (Fsp3) is 0.615. The van der Waals surface area contributed by atoms with E-state index in [4.69, 9.17) is 22.1 Å². The summed E-state index contributed by atoms with van der Waals surface area (Å²) >= 11 is 5.75. The van der Waals surface area contributed by atoms with E-state index in [0.717, 1.165) is 19.4 Å². The summed E-state index contributed by atoms with van der Waals surface area (Å²) in [7, 11) is 0. The topological polar surface area (TPSA) is 90.1 Å². The number of halogens is 1. The van der Waals surface area contributed by atoms with Gasteiger partial charge >= 0.3 is 0 Å². The largest absolute Gasteiger partial charge is 0.378 e. The fourth-order valence-electron chi connectivity index (χ4n) is 2.61. The molecule has 2 atom stereocenters. The van der Waals surface area contributed by atoms with Crippen molar-refractivity contribution in [3.8, 4) is 0 Å². The molecule has 0 bridgehead atoms. The van der Waals surface area contributed by atoms with Crippen LogP contribution in [0.1, 0.15) is 36.0 Å². The zero-order chi connectivity index (χ0) is 14.1. The van der Waals surface area contributed by atoms with Crippen LogP contribution < -0.4 is 11.1 Å². The highest BCUT2D eigenvalue weighted by Gasteiger charge is 2.36. The van der Waals surface area contributed by atoms with Crippen LogP contribution in [0.2, 0.25) is 5.15 Å². The Labute approximate surface area is 122 Å². The summed E-state index contributed by atoms with van der Waals surface area (Å²) in [5.74, 6) is 0.546. The number of primary amides is 1. The lowest BCUT2D eigenvalue weighted by Gasteiger charge is -2.30. The van der Waals surface area contributed by atoms with Crippen LogP contribution >= 0.6 is 11.6 Å². The number of hydrogen-bond acceptors (Lipinski definition) is 5. The SMILES string of the molecule is NC(=O)c1cc(Cl)nnc1NC1CCOC(C2CC2)C1. The van der Waals surface area contributed by atoms with Gasteiger partial charge in [-0.25, -0.2) is 0 Å². The summed E-state index contributed by atoms with van der Waals surface area (Å²) < 4.78 is 5.78. The van der Waals surface area contributed by atoms with E-state index in [9.17, 15) is 4.79 Å². The third-order valence-corrected chi connectivity index (χ3v) is 4.02. The molecule has 3 rings (SSSR count). The Balaban J connectivity index is 1.71. The number of nitrogens with one attached hydrogen (secondary N) is 1. The van der Waals surface area contributed by atoms with E-state index in [-0.39, 0.29) is 16.8 Å². The third-order valence-electron chi connectivity index (χ3n) is 3.83. The molecule has 1 saturated heterocycles. The number of aromatic nitrogens is 2. The van der Waals surface area contributed by atoms with E-state index < -0.39 is 5.91 Å².